The van der Waals surface area contributed by atoms with Gasteiger partial charge < -0.3 is 5.32 Å². The summed E-state index contributed by atoms with van der Waals surface area (Å²) in [4.78, 5) is 16.3. The third kappa shape index (κ3) is 1.67. The summed E-state index contributed by atoms with van der Waals surface area (Å²) in [5.41, 5.74) is 1.45. The van der Waals surface area contributed by atoms with Crippen molar-refractivity contribution in [2.75, 3.05) is 7.05 Å². The Morgan fingerprint density at radius 2 is 2.20 bits per heavy atom. The average Bonchev–Trinajstić information content (AvgIpc) is 2.17. The van der Waals surface area contributed by atoms with Crippen molar-refractivity contribution in [1.29, 1.82) is 0 Å². The molecule has 3 heteroatoms. The van der Waals surface area contributed by atoms with Gasteiger partial charge in [-0.15, -0.1) is 0 Å². The number of hydrogen-bond acceptors (Lipinski definition) is 3. The highest BCUT2D eigenvalue weighted by atomic mass is 16.1. The van der Waals surface area contributed by atoms with Crippen LogP contribution < -0.4 is 5.32 Å². The fraction of sp³-hybridized carbons (Fsp3) is 0.500. The van der Waals surface area contributed by atoms with Crippen LogP contribution in [0.4, 0.5) is 0 Å². The SMILES string of the molecule is CNC1(C(=O)c2cncc(C)c2)CCC1. The van der Waals surface area contributed by atoms with Gasteiger partial charge in [-0.05, 0) is 44.9 Å². The lowest BCUT2D eigenvalue weighted by Crippen LogP contribution is -2.55. The quantitative estimate of drug-likeness (QED) is 0.762. The maximum absolute atomic E-state index is 12.2. The summed E-state index contributed by atoms with van der Waals surface area (Å²) in [5.74, 6) is 0.187. The minimum atomic E-state index is -0.310. The summed E-state index contributed by atoms with van der Waals surface area (Å²) in [6.45, 7) is 1.95. The van der Waals surface area contributed by atoms with Crippen molar-refractivity contribution in [1.82, 2.24) is 10.3 Å². The van der Waals surface area contributed by atoms with Gasteiger partial charge >= 0.3 is 0 Å². The Morgan fingerprint density at radius 3 is 2.67 bits per heavy atom. The molecule has 0 spiro atoms. The molecule has 0 radical (unpaired) electrons. The summed E-state index contributed by atoms with van der Waals surface area (Å²) in [5, 5.41) is 3.16. The smallest absolute Gasteiger partial charge is 0.184 e. The lowest BCUT2D eigenvalue weighted by Gasteiger charge is -2.40. The standard InChI is InChI=1S/C12H16N2O/c1-9-6-10(8-14-7-9)11(15)12(13-2)4-3-5-12/h6-8,13H,3-5H2,1-2H3. The molecule has 1 aliphatic carbocycles. The van der Waals surface area contributed by atoms with Crippen LogP contribution in [0.15, 0.2) is 18.5 Å². The number of nitrogens with one attached hydrogen (secondary N) is 1. The monoisotopic (exact) mass is 204 g/mol. The molecule has 0 unspecified atom stereocenters. The Bertz CT molecular complexity index is 377. The number of rotatable bonds is 3. The highest BCUT2D eigenvalue weighted by molar-refractivity contribution is 6.03. The number of ketones is 1. The van der Waals surface area contributed by atoms with Crippen LogP contribution in [0.25, 0.3) is 0 Å². The predicted octanol–water partition coefficient (Wildman–Crippen LogP) is 1.71. The van der Waals surface area contributed by atoms with E-state index in [4.69, 9.17) is 0 Å². The molecule has 1 heterocycles. The maximum Gasteiger partial charge on any atom is 0.184 e. The Kier molecular flexibility index (Phi) is 2.57. The van der Waals surface area contributed by atoms with E-state index in [1.54, 1.807) is 12.4 Å². The third-order valence-corrected chi connectivity index (χ3v) is 3.26. The second-order valence-electron chi connectivity index (χ2n) is 4.27. The Balaban J connectivity index is 2.27. The molecule has 0 bridgehead atoms. The molecule has 1 aromatic rings. The molecule has 0 aromatic carbocycles. The Labute approximate surface area is 89.9 Å². The van der Waals surface area contributed by atoms with E-state index >= 15 is 0 Å². The van der Waals surface area contributed by atoms with Gasteiger partial charge in [-0.2, -0.15) is 0 Å². The van der Waals surface area contributed by atoms with Crippen molar-refractivity contribution >= 4 is 5.78 Å². The molecule has 0 aliphatic heterocycles. The van der Waals surface area contributed by atoms with Crippen LogP contribution in [0, 0.1) is 6.92 Å². The summed E-state index contributed by atoms with van der Waals surface area (Å²) in [6, 6.07) is 1.91. The molecule has 2 rings (SSSR count). The number of aryl methyl sites for hydroxylation is 1. The number of aromatic nitrogens is 1. The Hall–Kier alpha value is -1.22. The number of pyridine rings is 1. The fourth-order valence-corrected chi connectivity index (χ4v) is 2.08. The summed E-state index contributed by atoms with van der Waals surface area (Å²) >= 11 is 0. The molecule has 1 aromatic heterocycles. The highest BCUT2D eigenvalue weighted by Crippen LogP contribution is 2.34. The summed E-state index contributed by atoms with van der Waals surface area (Å²) in [7, 11) is 1.86. The molecule has 0 saturated heterocycles. The van der Waals surface area contributed by atoms with Gasteiger partial charge in [0.1, 0.15) is 0 Å². The maximum atomic E-state index is 12.2. The molecular formula is C12H16N2O. The van der Waals surface area contributed by atoms with Gasteiger partial charge in [-0.3, -0.25) is 9.78 Å². The van der Waals surface area contributed by atoms with Crippen molar-refractivity contribution in [2.24, 2.45) is 0 Å². The third-order valence-electron chi connectivity index (χ3n) is 3.26. The van der Waals surface area contributed by atoms with Crippen molar-refractivity contribution in [3.63, 3.8) is 0 Å². The molecule has 1 N–H and O–H groups in total. The van der Waals surface area contributed by atoms with Crippen LogP contribution in [0.3, 0.4) is 0 Å². The number of carbonyl (C=O) groups excluding carboxylic acids is 1. The van der Waals surface area contributed by atoms with Gasteiger partial charge in [0.2, 0.25) is 0 Å². The fourth-order valence-electron chi connectivity index (χ4n) is 2.08. The highest BCUT2D eigenvalue weighted by Gasteiger charge is 2.42. The molecule has 1 aliphatic rings. The van der Waals surface area contributed by atoms with Crippen LogP contribution >= 0.6 is 0 Å². The van der Waals surface area contributed by atoms with E-state index in [0.29, 0.717) is 0 Å². The lowest BCUT2D eigenvalue weighted by molar-refractivity contribution is 0.0745. The number of Topliss-reactive ketones (excluding diaryl/α,β-unsaturated/α-hetero) is 1. The molecular weight excluding hydrogens is 188 g/mol. The second-order valence-corrected chi connectivity index (χ2v) is 4.27. The van der Waals surface area contributed by atoms with E-state index in [-0.39, 0.29) is 11.3 Å². The number of likely N-dealkylation sites (N-methyl/N-ethyl adjacent to an activating group) is 1. The van der Waals surface area contributed by atoms with E-state index in [0.717, 1.165) is 30.4 Å². The first kappa shape index (κ1) is 10.3. The zero-order chi connectivity index (χ0) is 10.9. The molecule has 0 amide bonds. The van der Waals surface area contributed by atoms with Crippen molar-refractivity contribution in [2.45, 2.75) is 31.7 Å². The summed E-state index contributed by atoms with van der Waals surface area (Å²) in [6.07, 6.45) is 6.44. The minimum Gasteiger partial charge on any atom is -0.308 e. The van der Waals surface area contributed by atoms with Gasteiger partial charge in [0, 0.05) is 18.0 Å². The second kappa shape index (κ2) is 3.74. The number of nitrogens with zero attached hydrogens (tertiary/aromatic N) is 1. The minimum absolute atomic E-state index is 0.187. The van der Waals surface area contributed by atoms with Crippen LogP contribution in [0.1, 0.15) is 35.2 Å². The van der Waals surface area contributed by atoms with Gasteiger partial charge in [0.25, 0.3) is 0 Å². The van der Waals surface area contributed by atoms with E-state index in [1.807, 2.05) is 20.0 Å². The topological polar surface area (TPSA) is 42.0 Å². The van der Waals surface area contributed by atoms with Gasteiger partial charge in [-0.25, -0.2) is 0 Å². The van der Waals surface area contributed by atoms with E-state index in [9.17, 15) is 4.79 Å². The largest absolute Gasteiger partial charge is 0.308 e. The van der Waals surface area contributed by atoms with Crippen LogP contribution in [0.5, 0.6) is 0 Å². The number of hydrogen-bond donors (Lipinski definition) is 1. The molecule has 15 heavy (non-hydrogen) atoms. The molecule has 3 nitrogen and oxygen atoms in total. The molecule has 1 saturated carbocycles. The van der Waals surface area contributed by atoms with E-state index < -0.39 is 0 Å². The molecule has 0 atom stereocenters. The van der Waals surface area contributed by atoms with Gasteiger partial charge in [-0.1, -0.05) is 0 Å². The van der Waals surface area contributed by atoms with E-state index in [1.165, 1.54) is 0 Å². The van der Waals surface area contributed by atoms with Crippen molar-refractivity contribution < 1.29 is 4.79 Å². The number of carbonyl (C=O) groups is 1. The van der Waals surface area contributed by atoms with Gasteiger partial charge in [0.15, 0.2) is 5.78 Å². The predicted molar refractivity (Wildman–Crippen MR) is 58.9 cm³/mol. The lowest BCUT2D eigenvalue weighted by atomic mass is 9.72. The first-order chi connectivity index (χ1) is 7.18. The van der Waals surface area contributed by atoms with Crippen LogP contribution in [0.2, 0.25) is 0 Å². The molecule has 80 valence electrons. The zero-order valence-electron chi connectivity index (χ0n) is 9.21. The van der Waals surface area contributed by atoms with Gasteiger partial charge in [0.05, 0.1) is 5.54 Å². The van der Waals surface area contributed by atoms with Crippen LogP contribution in [-0.2, 0) is 0 Å². The summed E-state index contributed by atoms with van der Waals surface area (Å²) < 4.78 is 0. The normalized spacial score (nSPS) is 18.3. The first-order valence-electron chi connectivity index (χ1n) is 5.33. The van der Waals surface area contributed by atoms with Crippen molar-refractivity contribution in [3.05, 3.63) is 29.6 Å². The Morgan fingerprint density at radius 1 is 1.47 bits per heavy atom. The average molecular weight is 204 g/mol. The zero-order valence-corrected chi connectivity index (χ0v) is 9.21. The van der Waals surface area contributed by atoms with Crippen LogP contribution in [-0.4, -0.2) is 23.4 Å². The first-order valence-corrected chi connectivity index (χ1v) is 5.33. The van der Waals surface area contributed by atoms with Crippen molar-refractivity contribution in [3.8, 4) is 0 Å². The molecule has 1 fully saturated rings. The van der Waals surface area contributed by atoms with E-state index in [2.05, 4.69) is 10.3 Å².